The fourth-order valence-corrected chi connectivity index (χ4v) is 4.37. The van der Waals surface area contributed by atoms with Crippen molar-refractivity contribution in [2.24, 2.45) is 0 Å². The van der Waals surface area contributed by atoms with Crippen molar-refractivity contribution >= 4 is 39.0 Å². The number of halogens is 1. The number of thiophene rings is 1. The zero-order valence-electron chi connectivity index (χ0n) is 15.3. The molecule has 2 aromatic carbocycles. The molecule has 136 valence electrons. The van der Waals surface area contributed by atoms with Gasteiger partial charge in [0.15, 0.2) is 0 Å². The summed E-state index contributed by atoms with van der Waals surface area (Å²) in [5, 5.41) is 3.51. The second kappa shape index (κ2) is 7.67. The van der Waals surface area contributed by atoms with E-state index in [0.717, 1.165) is 28.1 Å². The van der Waals surface area contributed by atoms with Crippen LogP contribution >= 0.6 is 22.9 Å². The Morgan fingerprint density at radius 3 is 2.30 bits per heavy atom. The first-order valence-corrected chi connectivity index (χ1v) is 10.2. The molecule has 0 atom stereocenters. The van der Waals surface area contributed by atoms with Crippen LogP contribution in [0.15, 0.2) is 66.0 Å². The molecule has 0 unspecified atom stereocenters. The number of anilines is 1. The van der Waals surface area contributed by atoms with Crippen LogP contribution in [0.2, 0.25) is 5.28 Å². The smallest absolute Gasteiger partial charge is 0.225 e. The number of benzene rings is 2. The van der Waals surface area contributed by atoms with Crippen molar-refractivity contribution in [1.29, 1.82) is 0 Å². The Labute approximate surface area is 168 Å². The van der Waals surface area contributed by atoms with E-state index in [2.05, 4.69) is 82.6 Å². The minimum Gasteiger partial charge on any atom is -0.349 e. The lowest BCUT2D eigenvalue weighted by Crippen LogP contribution is -2.31. The van der Waals surface area contributed by atoms with Crippen molar-refractivity contribution < 1.29 is 0 Å². The Morgan fingerprint density at radius 1 is 0.963 bits per heavy atom. The summed E-state index contributed by atoms with van der Waals surface area (Å²) in [6, 6.07) is 21.1. The average molecular weight is 394 g/mol. The minimum absolute atomic E-state index is 0.267. The number of aromatic nitrogens is 2. The first-order chi connectivity index (χ1) is 13.1. The molecule has 0 aliphatic heterocycles. The topological polar surface area (TPSA) is 29.0 Å². The predicted molar refractivity (Wildman–Crippen MR) is 116 cm³/mol. The number of rotatable bonds is 5. The van der Waals surface area contributed by atoms with E-state index in [-0.39, 0.29) is 11.3 Å². The van der Waals surface area contributed by atoms with Gasteiger partial charge >= 0.3 is 0 Å². The third-order valence-corrected chi connectivity index (χ3v) is 5.60. The van der Waals surface area contributed by atoms with Crippen molar-refractivity contribution in [3.63, 3.8) is 0 Å². The normalized spacial score (nSPS) is 11.3. The molecule has 4 rings (SSSR count). The van der Waals surface area contributed by atoms with Crippen LogP contribution in [0.5, 0.6) is 0 Å². The molecule has 2 heterocycles. The van der Waals surface area contributed by atoms with Gasteiger partial charge in [-0.1, -0.05) is 60.7 Å². The van der Waals surface area contributed by atoms with Crippen molar-refractivity contribution in [2.75, 3.05) is 4.90 Å². The van der Waals surface area contributed by atoms with Gasteiger partial charge in [0.05, 0.1) is 5.39 Å². The van der Waals surface area contributed by atoms with Gasteiger partial charge in [-0.2, -0.15) is 4.98 Å². The lowest BCUT2D eigenvalue weighted by atomic mass is 10.1. The Bertz CT molecular complexity index is 1050. The van der Waals surface area contributed by atoms with Crippen LogP contribution < -0.4 is 4.90 Å². The van der Waals surface area contributed by atoms with Crippen molar-refractivity contribution in [3.05, 3.63) is 76.9 Å². The summed E-state index contributed by atoms with van der Waals surface area (Å²) >= 11 is 7.90. The highest BCUT2D eigenvalue weighted by atomic mass is 35.5. The zero-order valence-corrected chi connectivity index (χ0v) is 16.8. The van der Waals surface area contributed by atoms with Crippen LogP contribution in [0.25, 0.3) is 21.3 Å². The molecule has 0 aliphatic rings. The maximum absolute atomic E-state index is 6.29. The summed E-state index contributed by atoms with van der Waals surface area (Å²) in [6.07, 6.45) is 0. The molecule has 3 nitrogen and oxygen atoms in total. The number of hydrogen-bond donors (Lipinski definition) is 0. The molecule has 0 fully saturated rings. The first-order valence-electron chi connectivity index (χ1n) is 8.94. The van der Waals surface area contributed by atoms with Gasteiger partial charge in [-0.3, -0.25) is 0 Å². The predicted octanol–water partition coefficient (Wildman–Crippen LogP) is 6.43. The van der Waals surface area contributed by atoms with E-state index in [1.807, 2.05) is 12.1 Å². The monoisotopic (exact) mass is 393 g/mol. The van der Waals surface area contributed by atoms with E-state index in [1.54, 1.807) is 11.3 Å². The molecule has 0 N–H and O–H groups in total. The van der Waals surface area contributed by atoms with Crippen LogP contribution in [0.1, 0.15) is 19.4 Å². The molecule has 2 aromatic heterocycles. The van der Waals surface area contributed by atoms with Gasteiger partial charge < -0.3 is 4.90 Å². The number of fused-ring (bicyclic) bond motifs is 1. The van der Waals surface area contributed by atoms with Crippen LogP contribution in [0, 0.1) is 0 Å². The van der Waals surface area contributed by atoms with Gasteiger partial charge in [0.25, 0.3) is 0 Å². The van der Waals surface area contributed by atoms with Gasteiger partial charge in [0.1, 0.15) is 10.6 Å². The van der Waals surface area contributed by atoms with E-state index in [9.17, 15) is 0 Å². The molecule has 4 aromatic rings. The van der Waals surface area contributed by atoms with Crippen LogP contribution in [0.3, 0.4) is 0 Å². The lowest BCUT2D eigenvalue weighted by molar-refractivity contribution is 0.675. The minimum atomic E-state index is 0.267. The molecule has 0 spiro atoms. The second-order valence-electron chi connectivity index (χ2n) is 6.72. The Balaban J connectivity index is 1.89. The van der Waals surface area contributed by atoms with Crippen molar-refractivity contribution in [1.82, 2.24) is 9.97 Å². The molecule has 0 amide bonds. The summed E-state index contributed by atoms with van der Waals surface area (Å²) in [5.41, 5.74) is 3.56. The standard InChI is InChI=1S/C22H20ClN3S/c1-15(2)26(13-16-9-5-3-6-10-16)20-19-18(17-11-7-4-8-12-17)14-27-21(19)25-22(23)24-20/h3-12,14-15H,13H2,1-2H3. The van der Waals surface area contributed by atoms with E-state index in [0.29, 0.717) is 0 Å². The van der Waals surface area contributed by atoms with E-state index in [1.165, 1.54) is 11.1 Å². The SMILES string of the molecule is CC(C)N(Cc1ccccc1)c1nc(Cl)nc2scc(-c3ccccc3)c12. The van der Waals surface area contributed by atoms with Crippen molar-refractivity contribution in [2.45, 2.75) is 26.4 Å². The van der Waals surface area contributed by atoms with Crippen LogP contribution in [0.4, 0.5) is 5.82 Å². The first kappa shape index (κ1) is 18.0. The highest BCUT2D eigenvalue weighted by Crippen LogP contribution is 2.39. The maximum atomic E-state index is 6.29. The van der Waals surface area contributed by atoms with Gasteiger partial charge in [-0.05, 0) is 36.6 Å². The van der Waals surface area contributed by atoms with Gasteiger partial charge in [0.2, 0.25) is 5.28 Å². The number of hydrogen-bond acceptors (Lipinski definition) is 4. The van der Waals surface area contributed by atoms with Gasteiger partial charge in [0, 0.05) is 23.5 Å². The maximum Gasteiger partial charge on any atom is 0.225 e. The fraction of sp³-hybridized carbons (Fsp3) is 0.182. The molecular formula is C22H20ClN3S. The van der Waals surface area contributed by atoms with Crippen LogP contribution in [-0.4, -0.2) is 16.0 Å². The molecule has 0 saturated carbocycles. The third kappa shape index (κ3) is 3.68. The Morgan fingerprint density at radius 2 is 1.63 bits per heavy atom. The molecule has 27 heavy (non-hydrogen) atoms. The summed E-state index contributed by atoms with van der Waals surface area (Å²) in [4.78, 5) is 12.4. The highest BCUT2D eigenvalue weighted by molar-refractivity contribution is 7.17. The lowest BCUT2D eigenvalue weighted by Gasteiger charge is -2.29. The summed E-state index contributed by atoms with van der Waals surface area (Å²) < 4.78 is 0. The Hall–Kier alpha value is -2.43. The van der Waals surface area contributed by atoms with Gasteiger partial charge in [-0.15, -0.1) is 11.3 Å². The molecule has 0 radical (unpaired) electrons. The third-order valence-electron chi connectivity index (χ3n) is 4.56. The largest absolute Gasteiger partial charge is 0.349 e. The second-order valence-corrected chi connectivity index (χ2v) is 7.92. The summed E-state index contributed by atoms with van der Waals surface area (Å²) in [5.74, 6) is 0.893. The quantitative estimate of drug-likeness (QED) is 0.366. The highest BCUT2D eigenvalue weighted by Gasteiger charge is 2.21. The molecule has 0 aliphatic carbocycles. The van der Waals surface area contributed by atoms with E-state index < -0.39 is 0 Å². The van der Waals surface area contributed by atoms with Gasteiger partial charge in [-0.25, -0.2) is 4.98 Å². The van der Waals surface area contributed by atoms with E-state index in [4.69, 9.17) is 11.6 Å². The molecule has 0 bridgehead atoms. The average Bonchev–Trinajstić information content (AvgIpc) is 3.10. The molecular weight excluding hydrogens is 374 g/mol. The Kier molecular flexibility index (Phi) is 5.10. The fourth-order valence-electron chi connectivity index (χ4n) is 3.22. The molecule has 5 heteroatoms. The van der Waals surface area contributed by atoms with E-state index >= 15 is 0 Å². The summed E-state index contributed by atoms with van der Waals surface area (Å²) in [7, 11) is 0. The zero-order chi connectivity index (χ0) is 18.8. The van der Waals surface area contributed by atoms with Crippen molar-refractivity contribution in [3.8, 4) is 11.1 Å². The summed E-state index contributed by atoms with van der Waals surface area (Å²) in [6.45, 7) is 5.13. The van der Waals surface area contributed by atoms with Crippen LogP contribution in [-0.2, 0) is 6.54 Å². The molecule has 0 saturated heterocycles. The number of nitrogens with zero attached hydrogens (tertiary/aromatic N) is 3.